The van der Waals surface area contributed by atoms with Crippen LogP contribution in [0.1, 0.15) is 44.1 Å². The fourth-order valence-electron chi connectivity index (χ4n) is 4.65. The van der Waals surface area contributed by atoms with Crippen LogP contribution in [-0.2, 0) is 4.74 Å². The molecule has 0 saturated carbocycles. The van der Waals surface area contributed by atoms with E-state index in [0.29, 0.717) is 24.4 Å². The van der Waals surface area contributed by atoms with Crippen LogP contribution in [-0.4, -0.2) is 68.8 Å². The number of carbonyl (C=O) groups is 1. The Balaban J connectivity index is 1.27. The van der Waals surface area contributed by atoms with E-state index in [1.165, 1.54) is 0 Å². The van der Waals surface area contributed by atoms with Crippen LogP contribution in [0.2, 0.25) is 0 Å². The quantitative estimate of drug-likeness (QED) is 0.367. The first-order valence-electron chi connectivity index (χ1n) is 12.4. The first-order valence-corrected chi connectivity index (χ1v) is 12.4. The number of H-pyrrole nitrogens is 1. The molecule has 0 radical (unpaired) electrons. The Bertz CT molecular complexity index is 1360. The number of hydrogen-bond acceptors (Lipinski definition) is 8. The van der Waals surface area contributed by atoms with Gasteiger partial charge in [-0.15, -0.1) is 0 Å². The van der Waals surface area contributed by atoms with Crippen LogP contribution in [0.5, 0.6) is 5.75 Å². The Morgan fingerprint density at radius 1 is 1.19 bits per heavy atom. The number of carbonyl (C=O) groups excluding carboxylic acids is 1. The standard InChI is InChI=1S/C26H31N7O3/c1-16(2)36-17(3)12-27-26(34)21-10-9-19-20(32-21)7-4-8-22(19)35-13-18-6-5-11-33(18)25-23-24(29-14-28-23)30-15-31-25/h4,7-10,14-18H,5-6,11-13H2,1-3H3,(H,27,34)(H,28,29,30,31)/t17?,18-/m1/s1. The Morgan fingerprint density at radius 3 is 2.94 bits per heavy atom. The molecular weight excluding hydrogens is 458 g/mol. The normalized spacial score (nSPS) is 16.7. The van der Waals surface area contributed by atoms with Gasteiger partial charge in [-0.1, -0.05) is 6.07 Å². The zero-order valence-electron chi connectivity index (χ0n) is 20.8. The van der Waals surface area contributed by atoms with Crippen LogP contribution in [0, 0.1) is 0 Å². The first kappa shape index (κ1) is 23.9. The predicted octanol–water partition coefficient (Wildman–Crippen LogP) is 3.49. The zero-order valence-corrected chi connectivity index (χ0v) is 20.8. The number of aromatic amines is 1. The number of nitrogens with zero attached hydrogens (tertiary/aromatic N) is 5. The highest BCUT2D eigenvalue weighted by atomic mass is 16.5. The molecule has 2 atom stereocenters. The number of pyridine rings is 1. The maximum absolute atomic E-state index is 12.6. The maximum atomic E-state index is 12.6. The van der Waals surface area contributed by atoms with Gasteiger partial charge in [0.1, 0.15) is 29.9 Å². The average molecular weight is 490 g/mol. The molecule has 5 rings (SSSR count). The molecule has 1 unspecified atom stereocenters. The molecule has 1 fully saturated rings. The van der Waals surface area contributed by atoms with Gasteiger partial charge in [0.05, 0.1) is 30.1 Å². The Kier molecular flexibility index (Phi) is 6.95. The second kappa shape index (κ2) is 10.4. The van der Waals surface area contributed by atoms with E-state index in [0.717, 1.165) is 47.5 Å². The van der Waals surface area contributed by atoms with E-state index in [1.807, 2.05) is 45.0 Å². The van der Waals surface area contributed by atoms with E-state index in [-0.39, 0.29) is 24.2 Å². The van der Waals surface area contributed by atoms with Crippen molar-refractivity contribution in [1.82, 2.24) is 30.2 Å². The number of fused-ring (bicyclic) bond motifs is 2. The molecule has 0 bridgehead atoms. The van der Waals surface area contributed by atoms with Crippen LogP contribution < -0.4 is 15.0 Å². The fraction of sp³-hybridized carbons (Fsp3) is 0.423. The molecule has 1 amide bonds. The lowest BCUT2D eigenvalue weighted by molar-refractivity contribution is 0.0193. The number of ether oxygens (including phenoxy) is 2. The lowest BCUT2D eigenvalue weighted by Gasteiger charge is -2.26. The molecule has 36 heavy (non-hydrogen) atoms. The van der Waals surface area contributed by atoms with Crippen LogP contribution in [0.15, 0.2) is 43.0 Å². The zero-order chi connectivity index (χ0) is 25.1. The third-order valence-electron chi connectivity index (χ3n) is 6.26. The van der Waals surface area contributed by atoms with Gasteiger partial charge in [-0.05, 0) is 57.9 Å². The molecule has 1 aliphatic heterocycles. The number of nitrogens with one attached hydrogen (secondary N) is 2. The molecule has 1 saturated heterocycles. The summed E-state index contributed by atoms with van der Waals surface area (Å²) >= 11 is 0. The van der Waals surface area contributed by atoms with Gasteiger partial charge in [0, 0.05) is 18.5 Å². The molecule has 3 aromatic heterocycles. The van der Waals surface area contributed by atoms with E-state index in [2.05, 4.69) is 35.1 Å². The van der Waals surface area contributed by atoms with Crippen molar-refractivity contribution in [3.63, 3.8) is 0 Å². The number of amides is 1. The van der Waals surface area contributed by atoms with Crippen LogP contribution in [0.3, 0.4) is 0 Å². The van der Waals surface area contributed by atoms with Crippen LogP contribution in [0.4, 0.5) is 5.82 Å². The van der Waals surface area contributed by atoms with Crippen molar-refractivity contribution >= 4 is 33.8 Å². The number of aromatic nitrogens is 5. The summed E-state index contributed by atoms with van der Waals surface area (Å²) in [5.41, 5.74) is 2.58. The minimum Gasteiger partial charge on any atom is -0.491 e. The molecule has 0 aliphatic carbocycles. The number of imidazole rings is 1. The maximum Gasteiger partial charge on any atom is 0.269 e. The second-order valence-electron chi connectivity index (χ2n) is 9.32. The van der Waals surface area contributed by atoms with E-state index in [4.69, 9.17) is 9.47 Å². The highest BCUT2D eigenvalue weighted by Gasteiger charge is 2.28. The topological polar surface area (TPSA) is 118 Å². The summed E-state index contributed by atoms with van der Waals surface area (Å²) in [6.45, 7) is 7.70. The van der Waals surface area contributed by atoms with Crippen molar-refractivity contribution in [3.8, 4) is 5.75 Å². The number of benzene rings is 1. The molecule has 4 aromatic rings. The summed E-state index contributed by atoms with van der Waals surface area (Å²) in [7, 11) is 0. The summed E-state index contributed by atoms with van der Waals surface area (Å²) in [4.78, 5) is 35.7. The Labute approximate surface area is 209 Å². The lowest BCUT2D eigenvalue weighted by Crippen LogP contribution is -2.35. The summed E-state index contributed by atoms with van der Waals surface area (Å²) in [6.07, 6.45) is 5.30. The molecule has 10 nitrogen and oxygen atoms in total. The van der Waals surface area contributed by atoms with Gasteiger partial charge in [-0.3, -0.25) is 4.79 Å². The van der Waals surface area contributed by atoms with Crippen molar-refractivity contribution in [2.24, 2.45) is 0 Å². The first-order chi connectivity index (χ1) is 17.5. The molecule has 0 spiro atoms. The van der Waals surface area contributed by atoms with Crippen molar-refractivity contribution in [2.45, 2.75) is 51.9 Å². The molecule has 2 N–H and O–H groups in total. The van der Waals surface area contributed by atoms with Gasteiger partial charge in [0.2, 0.25) is 0 Å². The SMILES string of the molecule is CC(C)OC(C)CNC(=O)c1ccc2c(OC[C@H]3CCCN3c3ncnc4[nH]cnc34)cccc2n1. The predicted molar refractivity (Wildman–Crippen MR) is 137 cm³/mol. The fourth-order valence-corrected chi connectivity index (χ4v) is 4.65. The smallest absolute Gasteiger partial charge is 0.269 e. The molecule has 1 aliphatic rings. The van der Waals surface area contributed by atoms with Crippen molar-refractivity contribution in [1.29, 1.82) is 0 Å². The summed E-state index contributed by atoms with van der Waals surface area (Å²) in [5, 5.41) is 3.76. The van der Waals surface area contributed by atoms with Gasteiger partial charge in [-0.25, -0.2) is 19.9 Å². The second-order valence-corrected chi connectivity index (χ2v) is 9.32. The van der Waals surface area contributed by atoms with Crippen molar-refractivity contribution in [2.75, 3.05) is 24.6 Å². The highest BCUT2D eigenvalue weighted by molar-refractivity contribution is 5.96. The third-order valence-corrected chi connectivity index (χ3v) is 6.26. The summed E-state index contributed by atoms with van der Waals surface area (Å²) in [5.74, 6) is 1.35. The van der Waals surface area contributed by atoms with Gasteiger partial charge in [-0.2, -0.15) is 0 Å². The molecule has 10 heteroatoms. The van der Waals surface area contributed by atoms with E-state index in [9.17, 15) is 4.79 Å². The van der Waals surface area contributed by atoms with E-state index < -0.39 is 0 Å². The molecule has 4 heterocycles. The monoisotopic (exact) mass is 489 g/mol. The molecule has 1 aromatic carbocycles. The number of hydrogen-bond donors (Lipinski definition) is 2. The number of rotatable bonds is 9. The average Bonchev–Trinajstić information content (AvgIpc) is 3.54. The van der Waals surface area contributed by atoms with Gasteiger partial charge in [0.25, 0.3) is 5.91 Å². The third kappa shape index (κ3) is 5.08. The van der Waals surface area contributed by atoms with Gasteiger partial charge < -0.3 is 24.7 Å². The summed E-state index contributed by atoms with van der Waals surface area (Å²) < 4.78 is 12.0. The molecule has 188 valence electrons. The van der Waals surface area contributed by atoms with Gasteiger partial charge in [0.15, 0.2) is 11.5 Å². The van der Waals surface area contributed by atoms with Gasteiger partial charge >= 0.3 is 0 Å². The van der Waals surface area contributed by atoms with E-state index in [1.54, 1.807) is 18.7 Å². The number of anilines is 1. The van der Waals surface area contributed by atoms with Crippen molar-refractivity contribution < 1.29 is 14.3 Å². The minimum absolute atomic E-state index is 0.0731. The van der Waals surface area contributed by atoms with Crippen LogP contribution in [0.25, 0.3) is 22.1 Å². The Hall–Kier alpha value is -3.79. The molecular formula is C26H31N7O3. The Morgan fingerprint density at radius 2 is 2.08 bits per heavy atom. The minimum atomic E-state index is -0.224. The van der Waals surface area contributed by atoms with Crippen LogP contribution >= 0.6 is 0 Å². The van der Waals surface area contributed by atoms with Crippen molar-refractivity contribution in [3.05, 3.63) is 48.7 Å². The van der Waals surface area contributed by atoms with E-state index >= 15 is 0 Å². The highest BCUT2D eigenvalue weighted by Crippen LogP contribution is 2.30. The lowest BCUT2D eigenvalue weighted by atomic mass is 10.1. The largest absolute Gasteiger partial charge is 0.491 e. The summed E-state index contributed by atoms with van der Waals surface area (Å²) in [6, 6.07) is 9.52.